The fourth-order valence-electron chi connectivity index (χ4n) is 3.45. The molecule has 160 valence electrons. The number of carbonyl (C=O) groups is 2. The van der Waals surface area contributed by atoms with E-state index in [-0.39, 0.29) is 30.6 Å². The van der Waals surface area contributed by atoms with Crippen molar-refractivity contribution in [1.82, 2.24) is 15.1 Å². The predicted octanol–water partition coefficient (Wildman–Crippen LogP) is 2.23. The van der Waals surface area contributed by atoms with Gasteiger partial charge in [-0.3, -0.25) is 14.5 Å². The molecule has 30 heavy (non-hydrogen) atoms. The third kappa shape index (κ3) is 6.56. The summed E-state index contributed by atoms with van der Waals surface area (Å²) < 4.78 is 18.7. The van der Waals surface area contributed by atoms with E-state index in [1.807, 2.05) is 19.1 Å². The van der Waals surface area contributed by atoms with Gasteiger partial charge in [0.25, 0.3) is 0 Å². The Kier molecular flexibility index (Phi) is 7.79. The second-order valence-corrected chi connectivity index (χ2v) is 7.32. The molecule has 1 aliphatic rings. The summed E-state index contributed by atoms with van der Waals surface area (Å²) in [4.78, 5) is 28.5. The zero-order chi connectivity index (χ0) is 21.3. The van der Waals surface area contributed by atoms with Gasteiger partial charge in [0.15, 0.2) is 0 Å². The van der Waals surface area contributed by atoms with Crippen LogP contribution in [-0.2, 0) is 22.6 Å². The van der Waals surface area contributed by atoms with Gasteiger partial charge in [0.05, 0.1) is 19.6 Å². The van der Waals surface area contributed by atoms with Gasteiger partial charge in [-0.2, -0.15) is 0 Å². The van der Waals surface area contributed by atoms with E-state index in [0.29, 0.717) is 25.3 Å². The van der Waals surface area contributed by atoms with E-state index in [1.165, 1.54) is 17.7 Å². The Balaban J connectivity index is 1.37. The molecule has 0 bridgehead atoms. The monoisotopic (exact) mass is 413 g/mol. The number of carbonyl (C=O) groups excluding carboxylic acids is 2. The second-order valence-electron chi connectivity index (χ2n) is 7.32. The van der Waals surface area contributed by atoms with Gasteiger partial charge in [-0.15, -0.1) is 0 Å². The number of hydrogen-bond acceptors (Lipinski definition) is 4. The van der Waals surface area contributed by atoms with Gasteiger partial charge in [-0.05, 0) is 42.3 Å². The van der Waals surface area contributed by atoms with Crippen molar-refractivity contribution in [2.45, 2.75) is 19.9 Å². The van der Waals surface area contributed by atoms with Crippen LogP contribution < -0.4 is 10.1 Å². The molecule has 0 radical (unpaired) electrons. The van der Waals surface area contributed by atoms with Gasteiger partial charge in [0.1, 0.15) is 11.6 Å². The smallest absolute Gasteiger partial charge is 0.242 e. The lowest BCUT2D eigenvalue weighted by Gasteiger charge is -2.34. The van der Waals surface area contributed by atoms with E-state index in [9.17, 15) is 14.0 Å². The van der Waals surface area contributed by atoms with Crippen LogP contribution in [0.2, 0.25) is 0 Å². The molecule has 2 aromatic carbocycles. The highest BCUT2D eigenvalue weighted by atomic mass is 19.1. The number of hydrogen-bond donors (Lipinski definition) is 1. The Bertz CT molecular complexity index is 849. The minimum Gasteiger partial charge on any atom is -0.494 e. The average molecular weight is 413 g/mol. The van der Waals surface area contributed by atoms with Crippen LogP contribution in [-0.4, -0.2) is 60.9 Å². The summed E-state index contributed by atoms with van der Waals surface area (Å²) in [5.41, 5.74) is 1.80. The van der Waals surface area contributed by atoms with Crippen molar-refractivity contribution < 1.29 is 18.7 Å². The largest absolute Gasteiger partial charge is 0.494 e. The van der Waals surface area contributed by atoms with Crippen LogP contribution in [0.1, 0.15) is 18.1 Å². The van der Waals surface area contributed by atoms with Crippen LogP contribution in [0.4, 0.5) is 4.39 Å². The first-order chi connectivity index (χ1) is 14.5. The first kappa shape index (κ1) is 21.8. The molecule has 6 nitrogen and oxygen atoms in total. The first-order valence-corrected chi connectivity index (χ1v) is 10.3. The Morgan fingerprint density at radius 1 is 1.03 bits per heavy atom. The van der Waals surface area contributed by atoms with Gasteiger partial charge < -0.3 is 15.0 Å². The Morgan fingerprint density at radius 2 is 1.77 bits per heavy atom. The standard InChI is InChI=1S/C23H28FN3O3/c1-2-30-21-8-6-18(7-9-21)17-26-10-12-27(13-11-26)23(29)16-25-22(28)15-19-4-3-5-20(24)14-19/h3-9,14H,2,10-13,15-17H2,1H3,(H,25,28). The minimum absolute atomic E-state index is 0.0347. The van der Waals surface area contributed by atoms with Crippen molar-refractivity contribution in [3.63, 3.8) is 0 Å². The van der Waals surface area contributed by atoms with Gasteiger partial charge >= 0.3 is 0 Å². The van der Waals surface area contributed by atoms with E-state index in [4.69, 9.17) is 4.74 Å². The van der Waals surface area contributed by atoms with Crippen molar-refractivity contribution in [2.75, 3.05) is 39.3 Å². The molecule has 0 aromatic heterocycles. The molecule has 0 saturated carbocycles. The van der Waals surface area contributed by atoms with Crippen LogP contribution in [0, 0.1) is 5.82 Å². The van der Waals surface area contributed by atoms with Crippen LogP contribution >= 0.6 is 0 Å². The number of ether oxygens (including phenoxy) is 1. The number of nitrogens with zero attached hydrogens (tertiary/aromatic N) is 2. The van der Waals surface area contributed by atoms with Crippen molar-refractivity contribution in [3.8, 4) is 5.75 Å². The molecule has 3 rings (SSSR count). The summed E-state index contributed by atoms with van der Waals surface area (Å²) in [6.45, 7) is 6.26. The molecule has 1 N–H and O–H groups in total. The van der Waals surface area contributed by atoms with Crippen LogP contribution in [0.15, 0.2) is 48.5 Å². The molecule has 1 saturated heterocycles. The highest BCUT2D eigenvalue weighted by Crippen LogP contribution is 2.14. The van der Waals surface area contributed by atoms with E-state index >= 15 is 0 Å². The zero-order valence-corrected chi connectivity index (χ0v) is 17.3. The normalized spacial score (nSPS) is 14.4. The summed E-state index contributed by atoms with van der Waals surface area (Å²) >= 11 is 0. The summed E-state index contributed by atoms with van der Waals surface area (Å²) in [5, 5.41) is 2.64. The van der Waals surface area contributed by atoms with Crippen molar-refractivity contribution >= 4 is 11.8 Å². The first-order valence-electron chi connectivity index (χ1n) is 10.3. The van der Waals surface area contributed by atoms with Crippen molar-refractivity contribution in [3.05, 3.63) is 65.5 Å². The van der Waals surface area contributed by atoms with Crippen molar-refractivity contribution in [1.29, 1.82) is 0 Å². The molecule has 0 unspecified atom stereocenters. The zero-order valence-electron chi connectivity index (χ0n) is 17.3. The van der Waals surface area contributed by atoms with E-state index in [1.54, 1.807) is 17.0 Å². The Hall–Kier alpha value is -2.93. The number of rotatable bonds is 8. The van der Waals surface area contributed by atoms with E-state index < -0.39 is 0 Å². The molecule has 2 aromatic rings. The minimum atomic E-state index is -0.375. The predicted molar refractivity (Wildman–Crippen MR) is 113 cm³/mol. The highest BCUT2D eigenvalue weighted by molar-refractivity contribution is 5.85. The number of amides is 2. The molecule has 0 aliphatic carbocycles. The van der Waals surface area contributed by atoms with Crippen LogP contribution in [0.3, 0.4) is 0 Å². The Labute approximate surface area is 176 Å². The highest BCUT2D eigenvalue weighted by Gasteiger charge is 2.21. The molecule has 7 heteroatoms. The van der Waals surface area contributed by atoms with Gasteiger partial charge in [-0.1, -0.05) is 24.3 Å². The molecule has 1 fully saturated rings. The van der Waals surface area contributed by atoms with Crippen molar-refractivity contribution in [2.24, 2.45) is 0 Å². The third-order valence-electron chi connectivity index (χ3n) is 5.06. The van der Waals surface area contributed by atoms with Gasteiger partial charge in [0, 0.05) is 32.7 Å². The van der Waals surface area contributed by atoms with E-state index in [0.717, 1.165) is 25.4 Å². The molecular formula is C23H28FN3O3. The number of halogens is 1. The lowest BCUT2D eigenvalue weighted by molar-refractivity contribution is -0.134. The number of nitrogens with one attached hydrogen (secondary N) is 1. The molecular weight excluding hydrogens is 385 g/mol. The second kappa shape index (κ2) is 10.7. The summed E-state index contributed by atoms with van der Waals surface area (Å²) in [5.74, 6) is 0.113. The van der Waals surface area contributed by atoms with Crippen LogP contribution in [0.25, 0.3) is 0 Å². The average Bonchev–Trinajstić information content (AvgIpc) is 2.74. The fraction of sp³-hybridized carbons (Fsp3) is 0.391. The molecule has 0 atom stereocenters. The molecule has 1 aliphatic heterocycles. The summed E-state index contributed by atoms with van der Waals surface area (Å²) in [6.07, 6.45) is 0.0565. The van der Waals surface area contributed by atoms with Crippen LogP contribution in [0.5, 0.6) is 5.75 Å². The maximum absolute atomic E-state index is 13.2. The Morgan fingerprint density at radius 3 is 2.43 bits per heavy atom. The molecule has 2 amide bonds. The SMILES string of the molecule is CCOc1ccc(CN2CCN(C(=O)CNC(=O)Cc3cccc(F)c3)CC2)cc1. The topological polar surface area (TPSA) is 61.9 Å². The summed E-state index contributed by atoms with van der Waals surface area (Å²) in [7, 11) is 0. The fourth-order valence-corrected chi connectivity index (χ4v) is 3.45. The molecule has 0 spiro atoms. The maximum Gasteiger partial charge on any atom is 0.242 e. The number of piperazine rings is 1. The number of benzene rings is 2. The van der Waals surface area contributed by atoms with E-state index in [2.05, 4.69) is 22.3 Å². The molecule has 1 heterocycles. The third-order valence-corrected chi connectivity index (χ3v) is 5.06. The summed E-state index contributed by atoms with van der Waals surface area (Å²) in [6, 6.07) is 14.0. The van der Waals surface area contributed by atoms with Gasteiger partial charge in [-0.25, -0.2) is 4.39 Å². The lowest BCUT2D eigenvalue weighted by atomic mass is 10.1. The quantitative estimate of drug-likeness (QED) is 0.721. The maximum atomic E-state index is 13.2. The lowest BCUT2D eigenvalue weighted by Crippen LogP contribution is -2.50. The van der Waals surface area contributed by atoms with Gasteiger partial charge in [0.2, 0.25) is 11.8 Å².